The van der Waals surface area contributed by atoms with E-state index in [0.717, 1.165) is 16.8 Å². The first-order valence-electron chi connectivity index (χ1n) is 8.97. The first kappa shape index (κ1) is 18.0. The highest BCUT2D eigenvalue weighted by Gasteiger charge is 2.37. The molecule has 136 valence electrons. The average Bonchev–Trinajstić information content (AvgIpc) is 2.88. The van der Waals surface area contributed by atoms with Crippen LogP contribution >= 0.6 is 0 Å². The molecule has 0 saturated carbocycles. The number of carbonyl (C=O) groups excluding carboxylic acids is 2. The predicted octanol–water partition coefficient (Wildman–Crippen LogP) is 3.80. The Balaban J connectivity index is 1.83. The van der Waals surface area contributed by atoms with Crippen molar-refractivity contribution in [2.45, 2.75) is 45.9 Å². The summed E-state index contributed by atoms with van der Waals surface area (Å²) in [4.78, 5) is 26.6. The molecule has 2 aromatic rings. The molecule has 0 unspecified atom stereocenters. The third kappa shape index (κ3) is 3.43. The monoisotopic (exact) mass is 351 g/mol. The third-order valence-corrected chi connectivity index (χ3v) is 4.43. The molecular formula is C21H25N3O2. The van der Waals surface area contributed by atoms with Crippen LogP contribution in [-0.2, 0) is 0 Å². The van der Waals surface area contributed by atoms with E-state index in [2.05, 4.69) is 10.6 Å². The number of benzene rings is 2. The maximum Gasteiger partial charge on any atom is 0.256 e. The van der Waals surface area contributed by atoms with Crippen molar-refractivity contribution in [3.05, 3.63) is 65.2 Å². The first-order valence-corrected chi connectivity index (χ1v) is 8.97. The minimum absolute atomic E-state index is 0.0426. The molecule has 5 heteroatoms. The van der Waals surface area contributed by atoms with E-state index in [1.807, 2.05) is 69.0 Å². The van der Waals surface area contributed by atoms with Gasteiger partial charge in [-0.15, -0.1) is 0 Å². The molecule has 1 aliphatic heterocycles. The van der Waals surface area contributed by atoms with Crippen LogP contribution < -0.4 is 10.6 Å². The Morgan fingerprint density at radius 1 is 1.00 bits per heavy atom. The Kier molecular flexibility index (Phi) is 4.98. The van der Waals surface area contributed by atoms with E-state index in [1.165, 1.54) is 0 Å². The van der Waals surface area contributed by atoms with Crippen molar-refractivity contribution in [1.82, 2.24) is 10.2 Å². The second-order valence-electron chi connectivity index (χ2n) is 7.15. The summed E-state index contributed by atoms with van der Waals surface area (Å²) in [7, 11) is 0. The van der Waals surface area contributed by atoms with Crippen molar-refractivity contribution in [2.75, 3.05) is 5.32 Å². The van der Waals surface area contributed by atoms with Gasteiger partial charge in [-0.2, -0.15) is 0 Å². The number of anilines is 1. The Morgan fingerprint density at radius 3 is 2.27 bits per heavy atom. The van der Waals surface area contributed by atoms with Crippen molar-refractivity contribution < 1.29 is 9.59 Å². The van der Waals surface area contributed by atoms with Gasteiger partial charge in [-0.25, -0.2) is 0 Å². The van der Waals surface area contributed by atoms with E-state index in [1.54, 1.807) is 12.1 Å². The van der Waals surface area contributed by atoms with Crippen LogP contribution in [0, 0.1) is 0 Å². The van der Waals surface area contributed by atoms with E-state index >= 15 is 0 Å². The molecule has 5 nitrogen and oxygen atoms in total. The lowest BCUT2D eigenvalue weighted by Crippen LogP contribution is -2.37. The highest BCUT2D eigenvalue weighted by Crippen LogP contribution is 2.35. The van der Waals surface area contributed by atoms with Crippen LogP contribution in [0.2, 0.25) is 0 Å². The minimum Gasteiger partial charge on any atom is -0.361 e. The van der Waals surface area contributed by atoms with Crippen LogP contribution in [0.1, 0.15) is 60.1 Å². The van der Waals surface area contributed by atoms with Gasteiger partial charge in [0.15, 0.2) is 0 Å². The van der Waals surface area contributed by atoms with Crippen LogP contribution in [0.4, 0.5) is 5.69 Å². The number of hydrogen-bond acceptors (Lipinski definition) is 3. The zero-order valence-electron chi connectivity index (χ0n) is 15.6. The lowest BCUT2D eigenvalue weighted by atomic mass is 10.1. The number of amides is 2. The minimum atomic E-state index is -0.214. The first-order chi connectivity index (χ1) is 12.4. The van der Waals surface area contributed by atoms with Crippen molar-refractivity contribution in [3.63, 3.8) is 0 Å². The molecule has 0 bridgehead atoms. The second-order valence-corrected chi connectivity index (χ2v) is 7.15. The Hall–Kier alpha value is -2.82. The standard InChI is InChI=1S/C21H25N3O2/c1-13(2)22-20(25)15-9-11-16(12-10-15)23-19-17-7-5-6-8-18(17)21(26)24(19)14(3)4/h5-14,19,23H,1-4H3,(H,22,25)/t19-/m1/s1. The fraction of sp³-hybridized carbons (Fsp3) is 0.333. The van der Waals surface area contributed by atoms with Gasteiger partial charge in [0.05, 0.1) is 0 Å². The van der Waals surface area contributed by atoms with Gasteiger partial charge in [-0.1, -0.05) is 18.2 Å². The highest BCUT2D eigenvalue weighted by molar-refractivity contribution is 5.99. The van der Waals surface area contributed by atoms with E-state index in [4.69, 9.17) is 0 Å². The zero-order valence-corrected chi connectivity index (χ0v) is 15.6. The molecule has 1 heterocycles. The second kappa shape index (κ2) is 7.20. The maximum atomic E-state index is 12.7. The van der Waals surface area contributed by atoms with Gasteiger partial charge < -0.3 is 15.5 Å². The molecule has 0 fully saturated rings. The van der Waals surface area contributed by atoms with Gasteiger partial charge in [-0.3, -0.25) is 9.59 Å². The molecule has 1 atom stereocenters. The Morgan fingerprint density at radius 2 is 1.65 bits per heavy atom. The fourth-order valence-corrected chi connectivity index (χ4v) is 3.24. The number of hydrogen-bond donors (Lipinski definition) is 2. The Labute approximate surface area is 154 Å². The topological polar surface area (TPSA) is 61.4 Å². The summed E-state index contributed by atoms with van der Waals surface area (Å²) in [5.41, 5.74) is 3.21. The molecule has 2 aromatic carbocycles. The fourth-order valence-electron chi connectivity index (χ4n) is 3.24. The van der Waals surface area contributed by atoms with Crippen molar-refractivity contribution >= 4 is 17.5 Å². The van der Waals surface area contributed by atoms with Gasteiger partial charge in [-0.05, 0) is 58.0 Å². The summed E-state index contributed by atoms with van der Waals surface area (Å²) in [6, 6.07) is 15.2. The van der Waals surface area contributed by atoms with Crippen molar-refractivity contribution in [1.29, 1.82) is 0 Å². The zero-order chi connectivity index (χ0) is 18.8. The van der Waals surface area contributed by atoms with E-state index in [9.17, 15) is 9.59 Å². The number of carbonyl (C=O) groups is 2. The molecular weight excluding hydrogens is 326 g/mol. The molecule has 0 aromatic heterocycles. The van der Waals surface area contributed by atoms with Crippen LogP contribution in [0.25, 0.3) is 0 Å². The molecule has 1 aliphatic rings. The number of nitrogens with zero attached hydrogens (tertiary/aromatic N) is 1. The molecule has 0 radical (unpaired) electrons. The van der Waals surface area contributed by atoms with Crippen LogP contribution in [0.3, 0.4) is 0 Å². The Bertz CT molecular complexity index is 812. The molecule has 2 N–H and O–H groups in total. The van der Waals surface area contributed by atoms with E-state index in [-0.39, 0.29) is 30.1 Å². The van der Waals surface area contributed by atoms with E-state index in [0.29, 0.717) is 5.56 Å². The smallest absolute Gasteiger partial charge is 0.256 e. The largest absolute Gasteiger partial charge is 0.361 e. The molecule has 2 amide bonds. The molecule has 26 heavy (non-hydrogen) atoms. The van der Waals surface area contributed by atoms with Gasteiger partial charge in [0, 0.05) is 34.5 Å². The van der Waals surface area contributed by atoms with Crippen LogP contribution in [-0.4, -0.2) is 28.8 Å². The summed E-state index contributed by atoms with van der Waals surface area (Å²) in [6.45, 7) is 7.89. The summed E-state index contributed by atoms with van der Waals surface area (Å²) >= 11 is 0. The highest BCUT2D eigenvalue weighted by atomic mass is 16.2. The van der Waals surface area contributed by atoms with Gasteiger partial charge in [0.2, 0.25) is 0 Å². The summed E-state index contributed by atoms with van der Waals surface area (Å²) in [6.07, 6.45) is -0.214. The number of rotatable bonds is 5. The predicted molar refractivity (Wildman–Crippen MR) is 103 cm³/mol. The number of nitrogens with one attached hydrogen (secondary N) is 2. The summed E-state index contributed by atoms with van der Waals surface area (Å²) in [5.74, 6) is -0.0437. The SMILES string of the molecule is CC(C)NC(=O)c1ccc(N[C@H]2c3ccccc3C(=O)N2C(C)C)cc1. The lowest BCUT2D eigenvalue weighted by molar-refractivity contribution is 0.0685. The van der Waals surface area contributed by atoms with Crippen LogP contribution in [0.5, 0.6) is 0 Å². The molecule has 0 aliphatic carbocycles. The van der Waals surface area contributed by atoms with E-state index < -0.39 is 0 Å². The van der Waals surface area contributed by atoms with Gasteiger partial charge >= 0.3 is 0 Å². The molecule has 0 spiro atoms. The quantitative estimate of drug-likeness (QED) is 0.861. The summed E-state index contributed by atoms with van der Waals surface area (Å²) < 4.78 is 0. The van der Waals surface area contributed by atoms with Crippen molar-refractivity contribution in [2.24, 2.45) is 0 Å². The summed E-state index contributed by atoms with van der Waals surface area (Å²) in [5, 5.41) is 6.32. The maximum absolute atomic E-state index is 12.7. The molecule has 3 rings (SSSR count). The average molecular weight is 351 g/mol. The molecule has 0 saturated heterocycles. The lowest BCUT2D eigenvalue weighted by Gasteiger charge is -2.30. The van der Waals surface area contributed by atoms with Crippen molar-refractivity contribution in [3.8, 4) is 0 Å². The normalized spacial score (nSPS) is 16.2. The van der Waals surface area contributed by atoms with Gasteiger partial charge in [0.25, 0.3) is 11.8 Å². The third-order valence-electron chi connectivity index (χ3n) is 4.43. The number of fused-ring (bicyclic) bond motifs is 1. The van der Waals surface area contributed by atoms with Gasteiger partial charge in [0.1, 0.15) is 6.17 Å². The van der Waals surface area contributed by atoms with Crippen LogP contribution in [0.15, 0.2) is 48.5 Å².